The van der Waals surface area contributed by atoms with Crippen molar-refractivity contribution in [1.82, 2.24) is 10.7 Å². The summed E-state index contributed by atoms with van der Waals surface area (Å²) in [4.78, 5) is 22.3. The highest BCUT2D eigenvalue weighted by atomic mass is 16.2. The van der Waals surface area contributed by atoms with Crippen LogP contribution >= 0.6 is 0 Å². The summed E-state index contributed by atoms with van der Waals surface area (Å²) in [6.07, 6.45) is 4.22. The molecule has 0 spiro atoms. The molecular weight excluding hydrogens is 182 g/mol. The number of rotatable bonds is 3. The van der Waals surface area contributed by atoms with Gasteiger partial charge in [-0.1, -0.05) is 12.8 Å². The molecule has 0 aromatic carbocycles. The van der Waals surface area contributed by atoms with Gasteiger partial charge in [-0.15, -0.1) is 0 Å². The monoisotopic (exact) mass is 199 g/mol. The fourth-order valence-corrected chi connectivity index (χ4v) is 2.00. The zero-order chi connectivity index (χ0) is 10.6. The fraction of sp³-hybridized carbons (Fsp3) is 0.778. The molecule has 0 aromatic heterocycles. The highest BCUT2D eigenvalue weighted by Gasteiger charge is 2.30. The van der Waals surface area contributed by atoms with Gasteiger partial charge in [0.15, 0.2) is 0 Å². The van der Waals surface area contributed by atoms with Crippen molar-refractivity contribution in [2.24, 2.45) is 11.8 Å². The average Bonchev–Trinajstić information content (AvgIpc) is 2.65. The second kappa shape index (κ2) is 4.95. The number of hydrogen-bond donors (Lipinski definition) is 3. The van der Waals surface area contributed by atoms with E-state index in [0.29, 0.717) is 0 Å². The number of amides is 2. The summed E-state index contributed by atoms with van der Waals surface area (Å²) in [6, 6.07) is -0.458. The molecule has 1 saturated carbocycles. The number of nitrogens with one attached hydrogen (secondary N) is 2. The Kier molecular flexibility index (Phi) is 3.88. The minimum absolute atomic E-state index is 0.189. The quantitative estimate of drug-likeness (QED) is 0.330. The van der Waals surface area contributed by atoms with Gasteiger partial charge in [0.05, 0.1) is 0 Å². The Hall–Kier alpha value is -1.10. The minimum atomic E-state index is -0.458. The molecule has 4 N–H and O–H groups in total. The standard InChI is InChI=1S/C9H17N3O2/c1-6(13)11-8(9(14)12-10)7-4-2-3-5-7/h7-8H,2-5,10H2,1H3,(H,11,13)(H,12,14). The van der Waals surface area contributed by atoms with Gasteiger partial charge in [-0.25, -0.2) is 5.84 Å². The molecule has 0 aliphatic heterocycles. The molecule has 0 bridgehead atoms. The van der Waals surface area contributed by atoms with Gasteiger partial charge in [0.1, 0.15) is 6.04 Å². The molecule has 1 aliphatic rings. The SMILES string of the molecule is CC(=O)NC(C(=O)NN)C1CCCC1. The highest BCUT2D eigenvalue weighted by molar-refractivity contribution is 5.86. The minimum Gasteiger partial charge on any atom is -0.344 e. The molecule has 5 nitrogen and oxygen atoms in total. The maximum atomic E-state index is 11.4. The van der Waals surface area contributed by atoms with Crippen molar-refractivity contribution in [3.8, 4) is 0 Å². The third-order valence-corrected chi connectivity index (χ3v) is 2.65. The van der Waals surface area contributed by atoms with Gasteiger partial charge in [0, 0.05) is 6.92 Å². The van der Waals surface area contributed by atoms with Gasteiger partial charge >= 0.3 is 0 Å². The van der Waals surface area contributed by atoms with E-state index in [0.717, 1.165) is 25.7 Å². The molecule has 5 heteroatoms. The molecular formula is C9H17N3O2. The number of nitrogens with two attached hydrogens (primary N) is 1. The van der Waals surface area contributed by atoms with Crippen LogP contribution in [-0.2, 0) is 9.59 Å². The zero-order valence-corrected chi connectivity index (χ0v) is 8.38. The number of carbonyl (C=O) groups is 2. The predicted octanol–water partition coefficient (Wildman–Crippen LogP) is -0.329. The number of hydrogen-bond acceptors (Lipinski definition) is 3. The molecule has 14 heavy (non-hydrogen) atoms. The van der Waals surface area contributed by atoms with Gasteiger partial charge in [0.2, 0.25) is 5.91 Å². The van der Waals surface area contributed by atoms with Crippen molar-refractivity contribution in [2.75, 3.05) is 0 Å². The fourth-order valence-electron chi connectivity index (χ4n) is 2.00. The normalized spacial score (nSPS) is 19.0. The summed E-state index contributed by atoms with van der Waals surface area (Å²) in [6.45, 7) is 1.41. The summed E-state index contributed by atoms with van der Waals surface area (Å²) >= 11 is 0. The van der Waals surface area contributed by atoms with Gasteiger partial charge in [-0.05, 0) is 18.8 Å². The Morgan fingerprint density at radius 2 is 1.93 bits per heavy atom. The van der Waals surface area contributed by atoms with Gasteiger partial charge < -0.3 is 5.32 Å². The molecule has 1 rings (SSSR count). The summed E-state index contributed by atoms with van der Waals surface area (Å²) in [7, 11) is 0. The largest absolute Gasteiger partial charge is 0.344 e. The van der Waals surface area contributed by atoms with Crippen LogP contribution in [0.3, 0.4) is 0 Å². The van der Waals surface area contributed by atoms with E-state index in [1.807, 2.05) is 0 Å². The lowest BCUT2D eigenvalue weighted by Crippen LogP contribution is -2.51. The summed E-state index contributed by atoms with van der Waals surface area (Å²) < 4.78 is 0. The third-order valence-electron chi connectivity index (χ3n) is 2.65. The Morgan fingerprint density at radius 1 is 1.36 bits per heavy atom. The van der Waals surface area contributed by atoms with Crippen LogP contribution in [0, 0.1) is 5.92 Å². The molecule has 0 aromatic rings. The lowest BCUT2D eigenvalue weighted by molar-refractivity contribution is -0.129. The molecule has 1 atom stereocenters. The second-order valence-electron chi connectivity index (χ2n) is 3.73. The highest BCUT2D eigenvalue weighted by Crippen LogP contribution is 2.27. The molecule has 2 amide bonds. The van der Waals surface area contributed by atoms with E-state index >= 15 is 0 Å². The van der Waals surface area contributed by atoms with Crippen molar-refractivity contribution < 1.29 is 9.59 Å². The lowest BCUT2D eigenvalue weighted by atomic mass is 9.97. The van der Waals surface area contributed by atoms with Crippen molar-refractivity contribution in [3.63, 3.8) is 0 Å². The van der Waals surface area contributed by atoms with Crippen molar-refractivity contribution in [1.29, 1.82) is 0 Å². The van der Waals surface area contributed by atoms with E-state index in [1.54, 1.807) is 0 Å². The summed E-state index contributed by atoms with van der Waals surface area (Å²) in [5, 5.41) is 2.64. The molecule has 1 aliphatic carbocycles. The number of carbonyl (C=O) groups excluding carboxylic acids is 2. The molecule has 80 valence electrons. The van der Waals surface area contributed by atoms with Crippen LogP contribution in [0.25, 0.3) is 0 Å². The first-order chi connectivity index (χ1) is 6.65. The Labute approximate surface area is 83.4 Å². The maximum Gasteiger partial charge on any atom is 0.256 e. The van der Waals surface area contributed by atoms with Crippen molar-refractivity contribution in [3.05, 3.63) is 0 Å². The Balaban J connectivity index is 2.59. The molecule has 1 fully saturated rings. The summed E-state index contributed by atoms with van der Waals surface area (Å²) in [5.74, 6) is 4.82. The second-order valence-corrected chi connectivity index (χ2v) is 3.73. The lowest BCUT2D eigenvalue weighted by Gasteiger charge is -2.21. The van der Waals surface area contributed by atoms with Crippen LogP contribution in [-0.4, -0.2) is 17.9 Å². The number of hydrazine groups is 1. The summed E-state index contributed by atoms with van der Waals surface area (Å²) in [5.41, 5.74) is 2.09. The van der Waals surface area contributed by atoms with E-state index in [9.17, 15) is 9.59 Å². The maximum absolute atomic E-state index is 11.4. The first-order valence-corrected chi connectivity index (χ1v) is 4.92. The average molecular weight is 199 g/mol. The first kappa shape index (κ1) is 11.0. The van der Waals surface area contributed by atoms with Gasteiger partial charge in [-0.3, -0.25) is 15.0 Å². The van der Waals surface area contributed by atoms with Crippen LogP contribution in [0.15, 0.2) is 0 Å². The van der Waals surface area contributed by atoms with Crippen molar-refractivity contribution >= 4 is 11.8 Å². The molecule has 0 heterocycles. The smallest absolute Gasteiger partial charge is 0.256 e. The van der Waals surface area contributed by atoms with E-state index < -0.39 is 6.04 Å². The van der Waals surface area contributed by atoms with Crippen LogP contribution in [0.2, 0.25) is 0 Å². The molecule has 0 saturated heterocycles. The van der Waals surface area contributed by atoms with E-state index in [1.165, 1.54) is 6.92 Å². The van der Waals surface area contributed by atoms with Crippen LogP contribution in [0.4, 0.5) is 0 Å². The van der Waals surface area contributed by atoms with Crippen LogP contribution < -0.4 is 16.6 Å². The Bertz CT molecular complexity index is 224. The van der Waals surface area contributed by atoms with E-state index in [-0.39, 0.29) is 17.7 Å². The van der Waals surface area contributed by atoms with E-state index in [4.69, 9.17) is 5.84 Å². The van der Waals surface area contributed by atoms with Gasteiger partial charge in [-0.2, -0.15) is 0 Å². The Morgan fingerprint density at radius 3 is 2.36 bits per heavy atom. The molecule has 1 unspecified atom stereocenters. The molecule has 0 radical (unpaired) electrons. The third kappa shape index (κ3) is 2.70. The zero-order valence-electron chi connectivity index (χ0n) is 8.38. The predicted molar refractivity (Wildman–Crippen MR) is 51.9 cm³/mol. The van der Waals surface area contributed by atoms with E-state index in [2.05, 4.69) is 10.7 Å². The van der Waals surface area contributed by atoms with Gasteiger partial charge in [0.25, 0.3) is 5.91 Å². The van der Waals surface area contributed by atoms with Crippen LogP contribution in [0.5, 0.6) is 0 Å². The topological polar surface area (TPSA) is 84.2 Å². The first-order valence-electron chi connectivity index (χ1n) is 4.92. The van der Waals surface area contributed by atoms with Crippen molar-refractivity contribution in [2.45, 2.75) is 38.6 Å². The van der Waals surface area contributed by atoms with Crippen LogP contribution in [0.1, 0.15) is 32.6 Å².